The minimum atomic E-state index is -0.462. The lowest BCUT2D eigenvalue weighted by Crippen LogP contribution is -2.07. The monoisotopic (exact) mass is 219 g/mol. The Hall–Kier alpha value is -2.02. The summed E-state index contributed by atoms with van der Waals surface area (Å²) in [5.74, 6) is -0.0376. The van der Waals surface area contributed by atoms with Gasteiger partial charge in [0.15, 0.2) is 0 Å². The molecule has 0 heterocycles. The molecule has 0 radical (unpaired) electrons. The maximum Gasteiger partial charge on any atom is 0.341 e. The molecule has 0 saturated heterocycles. The molecule has 0 aromatic heterocycles. The van der Waals surface area contributed by atoms with Crippen LogP contribution in [0.5, 0.6) is 5.75 Å². The summed E-state index contributed by atoms with van der Waals surface area (Å²) in [5, 5.41) is 8.93. The van der Waals surface area contributed by atoms with E-state index in [1.54, 1.807) is 12.1 Å². The zero-order valence-corrected chi connectivity index (χ0v) is 9.53. The molecular weight excluding hydrogens is 206 g/mol. The van der Waals surface area contributed by atoms with Crippen molar-refractivity contribution in [3.63, 3.8) is 0 Å². The predicted octanol–water partition coefficient (Wildman–Crippen LogP) is 1.92. The molecule has 0 spiro atoms. The first-order valence-electron chi connectivity index (χ1n) is 4.87. The molecule has 0 amide bonds. The number of carbonyl (C=O) groups is 1. The van der Waals surface area contributed by atoms with E-state index >= 15 is 0 Å². The third kappa shape index (κ3) is 1.98. The Morgan fingerprint density at radius 2 is 2.12 bits per heavy atom. The molecule has 4 nitrogen and oxygen atoms in total. The summed E-state index contributed by atoms with van der Waals surface area (Å²) >= 11 is 0. The zero-order chi connectivity index (χ0) is 12.1. The zero-order valence-electron chi connectivity index (χ0n) is 9.53. The Labute approximate surface area is 94.4 Å². The van der Waals surface area contributed by atoms with E-state index in [1.807, 2.05) is 6.92 Å². The van der Waals surface area contributed by atoms with Crippen LogP contribution in [0.15, 0.2) is 12.1 Å². The molecule has 4 heteroatoms. The number of rotatable bonds is 3. The molecule has 0 atom stereocenters. The number of nitrogens with zero attached hydrogens (tertiary/aromatic N) is 1. The van der Waals surface area contributed by atoms with E-state index in [4.69, 9.17) is 10.00 Å². The number of ether oxygens (including phenoxy) is 2. The van der Waals surface area contributed by atoms with Crippen molar-refractivity contribution in [2.75, 3.05) is 14.2 Å². The van der Waals surface area contributed by atoms with Crippen LogP contribution in [0.1, 0.15) is 28.4 Å². The van der Waals surface area contributed by atoms with Crippen LogP contribution >= 0.6 is 0 Å². The van der Waals surface area contributed by atoms with Crippen molar-refractivity contribution in [1.29, 1.82) is 5.26 Å². The fraction of sp³-hybridized carbons (Fsp3) is 0.333. The lowest BCUT2D eigenvalue weighted by Gasteiger charge is -2.12. The quantitative estimate of drug-likeness (QED) is 0.728. The topological polar surface area (TPSA) is 59.3 Å². The Morgan fingerprint density at radius 1 is 1.44 bits per heavy atom. The molecule has 1 aromatic rings. The molecule has 0 aliphatic heterocycles. The first-order chi connectivity index (χ1) is 7.69. The molecule has 0 saturated carbocycles. The van der Waals surface area contributed by atoms with Crippen molar-refractivity contribution in [2.24, 2.45) is 0 Å². The van der Waals surface area contributed by atoms with Crippen LogP contribution in [-0.2, 0) is 11.2 Å². The summed E-state index contributed by atoms with van der Waals surface area (Å²) in [6, 6.07) is 5.22. The van der Waals surface area contributed by atoms with Gasteiger partial charge in [0.2, 0.25) is 0 Å². The van der Waals surface area contributed by atoms with Gasteiger partial charge in [-0.15, -0.1) is 0 Å². The van der Waals surface area contributed by atoms with Gasteiger partial charge in [0.25, 0.3) is 0 Å². The normalized spacial score (nSPS) is 9.38. The van der Waals surface area contributed by atoms with Crippen LogP contribution in [0.25, 0.3) is 0 Å². The first-order valence-corrected chi connectivity index (χ1v) is 4.87. The van der Waals surface area contributed by atoms with Gasteiger partial charge in [0.1, 0.15) is 11.3 Å². The highest BCUT2D eigenvalue weighted by Gasteiger charge is 2.18. The van der Waals surface area contributed by atoms with Crippen LogP contribution in [0, 0.1) is 11.3 Å². The van der Waals surface area contributed by atoms with Gasteiger partial charge in [-0.3, -0.25) is 0 Å². The fourth-order valence-electron chi connectivity index (χ4n) is 1.59. The Kier molecular flexibility index (Phi) is 3.90. The van der Waals surface area contributed by atoms with Gasteiger partial charge in [-0.05, 0) is 18.6 Å². The van der Waals surface area contributed by atoms with Gasteiger partial charge in [-0.1, -0.05) is 6.92 Å². The van der Waals surface area contributed by atoms with Crippen molar-refractivity contribution < 1.29 is 14.3 Å². The average Bonchev–Trinajstić information content (AvgIpc) is 2.35. The van der Waals surface area contributed by atoms with Gasteiger partial charge < -0.3 is 9.47 Å². The number of hydrogen-bond donors (Lipinski definition) is 0. The molecule has 0 aliphatic rings. The molecule has 0 aliphatic carbocycles. The predicted molar refractivity (Wildman–Crippen MR) is 58.4 cm³/mol. The molecule has 16 heavy (non-hydrogen) atoms. The second-order valence-corrected chi connectivity index (χ2v) is 3.13. The molecule has 0 unspecified atom stereocenters. The SMILES string of the molecule is CCc1c(C#N)ccc(C(=O)OC)c1OC. The highest BCUT2D eigenvalue weighted by Crippen LogP contribution is 2.28. The van der Waals surface area contributed by atoms with Gasteiger partial charge in [0.05, 0.1) is 25.9 Å². The third-order valence-corrected chi connectivity index (χ3v) is 2.34. The van der Waals surface area contributed by atoms with Crippen molar-refractivity contribution in [1.82, 2.24) is 0 Å². The Morgan fingerprint density at radius 3 is 2.56 bits per heavy atom. The number of hydrogen-bond acceptors (Lipinski definition) is 4. The van der Waals surface area contributed by atoms with E-state index in [9.17, 15) is 4.79 Å². The van der Waals surface area contributed by atoms with Gasteiger partial charge in [-0.2, -0.15) is 5.26 Å². The maximum atomic E-state index is 11.5. The molecule has 84 valence electrons. The highest BCUT2D eigenvalue weighted by molar-refractivity contribution is 5.93. The largest absolute Gasteiger partial charge is 0.496 e. The van der Waals surface area contributed by atoms with E-state index in [0.29, 0.717) is 23.3 Å². The molecule has 0 fully saturated rings. The van der Waals surface area contributed by atoms with E-state index < -0.39 is 5.97 Å². The number of nitriles is 1. The number of benzene rings is 1. The van der Waals surface area contributed by atoms with Gasteiger partial charge in [-0.25, -0.2) is 4.79 Å². The van der Waals surface area contributed by atoms with E-state index in [0.717, 1.165) is 5.56 Å². The minimum absolute atomic E-state index is 0.348. The van der Waals surface area contributed by atoms with Crippen molar-refractivity contribution in [3.8, 4) is 11.8 Å². The van der Waals surface area contributed by atoms with E-state index in [-0.39, 0.29) is 0 Å². The van der Waals surface area contributed by atoms with Crippen LogP contribution in [0.3, 0.4) is 0 Å². The Balaban J connectivity index is 3.44. The summed E-state index contributed by atoms with van der Waals surface area (Å²) in [7, 11) is 2.79. The van der Waals surface area contributed by atoms with Gasteiger partial charge >= 0.3 is 5.97 Å². The van der Waals surface area contributed by atoms with Crippen LogP contribution in [-0.4, -0.2) is 20.2 Å². The summed E-state index contributed by atoms with van der Waals surface area (Å²) < 4.78 is 9.83. The number of carbonyl (C=O) groups excluding carboxylic acids is 1. The van der Waals surface area contributed by atoms with Crippen molar-refractivity contribution in [3.05, 3.63) is 28.8 Å². The molecule has 0 bridgehead atoms. The van der Waals surface area contributed by atoms with E-state index in [1.165, 1.54) is 14.2 Å². The van der Waals surface area contributed by atoms with Gasteiger partial charge in [0, 0.05) is 5.56 Å². The Bertz CT molecular complexity index is 446. The lowest BCUT2D eigenvalue weighted by atomic mass is 10.0. The van der Waals surface area contributed by atoms with Crippen LogP contribution < -0.4 is 4.74 Å². The van der Waals surface area contributed by atoms with Crippen LogP contribution in [0.2, 0.25) is 0 Å². The summed E-state index contributed by atoms with van der Waals surface area (Å²) in [4.78, 5) is 11.5. The third-order valence-electron chi connectivity index (χ3n) is 2.34. The van der Waals surface area contributed by atoms with Crippen molar-refractivity contribution >= 4 is 5.97 Å². The van der Waals surface area contributed by atoms with Crippen LogP contribution in [0.4, 0.5) is 0 Å². The summed E-state index contributed by atoms with van der Waals surface area (Å²) in [6.45, 7) is 1.90. The maximum absolute atomic E-state index is 11.5. The number of esters is 1. The van der Waals surface area contributed by atoms with E-state index in [2.05, 4.69) is 10.8 Å². The number of methoxy groups -OCH3 is 2. The van der Waals surface area contributed by atoms with Crippen molar-refractivity contribution in [2.45, 2.75) is 13.3 Å². The summed E-state index contributed by atoms with van der Waals surface area (Å²) in [6.07, 6.45) is 0.622. The highest BCUT2D eigenvalue weighted by atomic mass is 16.5. The standard InChI is InChI=1S/C12H13NO3/c1-4-9-8(7-13)5-6-10(11(9)15-2)12(14)16-3/h5-6H,4H2,1-3H3. The smallest absolute Gasteiger partial charge is 0.341 e. The second-order valence-electron chi connectivity index (χ2n) is 3.13. The minimum Gasteiger partial charge on any atom is -0.496 e. The lowest BCUT2D eigenvalue weighted by molar-refractivity contribution is 0.0597. The fourth-order valence-corrected chi connectivity index (χ4v) is 1.59. The molecule has 0 N–H and O–H groups in total. The molecular formula is C12H13NO3. The first kappa shape index (κ1) is 12.1. The second kappa shape index (κ2) is 5.17. The molecule has 1 aromatic carbocycles. The molecule has 1 rings (SSSR count). The summed E-state index contributed by atoms with van der Waals surface area (Å²) in [5.41, 5.74) is 1.60. The average molecular weight is 219 g/mol.